The first-order valence-electron chi connectivity index (χ1n) is 7.03. The lowest BCUT2D eigenvalue weighted by molar-refractivity contribution is -0.134. The molecular formula is C17H14BrN3O4. The van der Waals surface area contributed by atoms with Gasteiger partial charge in [-0.2, -0.15) is 0 Å². The van der Waals surface area contributed by atoms with Crippen LogP contribution in [0, 0.1) is 0 Å². The van der Waals surface area contributed by atoms with Crippen LogP contribution in [0.25, 0.3) is 10.9 Å². The summed E-state index contributed by atoms with van der Waals surface area (Å²) in [4.78, 5) is 23.1. The Bertz CT molecular complexity index is 891. The number of aliphatic carboxylic acids is 2. The van der Waals surface area contributed by atoms with Crippen molar-refractivity contribution in [2.75, 3.05) is 5.43 Å². The number of rotatable bonds is 4. The van der Waals surface area contributed by atoms with Crippen LogP contribution in [0.1, 0.15) is 0 Å². The van der Waals surface area contributed by atoms with Gasteiger partial charge in [-0.25, -0.2) is 9.59 Å². The lowest BCUT2D eigenvalue weighted by atomic mass is 10.2. The molecular weight excluding hydrogens is 390 g/mol. The van der Waals surface area contributed by atoms with Crippen LogP contribution in [0.15, 0.2) is 71.6 Å². The first kappa shape index (κ1) is 18.2. The third-order valence-electron chi connectivity index (χ3n) is 2.95. The van der Waals surface area contributed by atoms with Crippen molar-refractivity contribution in [2.45, 2.75) is 0 Å². The Hall–Kier alpha value is -3.13. The number of benzene rings is 1. The van der Waals surface area contributed by atoms with Crippen LogP contribution in [-0.4, -0.2) is 31.8 Å². The Kier molecular flexibility index (Phi) is 6.30. The molecule has 128 valence electrons. The molecule has 0 spiro atoms. The molecule has 2 aromatic heterocycles. The monoisotopic (exact) mass is 403 g/mol. The summed E-state index contributed by atoms with van der Waals surface area (Å²) in [5.74, 6) is -2.51. The first-order valence-corrected chi connectivity index (χ1v) is 7.82. The Morgan fingerprint density at radius 3 is 2.28 bits per heavy atom. The minimum absolute atomic E-state index is 0.558. The van der Waals surface area contributed by atoms with Gasteiger partial charge in [0, 0.05) is 40.6 Å². The molecule has 1 aromatic carbocycles. The topological polar surface area (TPSA) is 104 Å². The predicted molar refractivity (Wildman–Crippen MR) is 97.3 cm³/mol. The van der Waals surface area contributed by atoms with E-state index in [0.717, 1.165) is 15.7 Å². The second kappa shape index (κ2) is 8.65. The molecule has 0 saturated carbocycles. The number of carboxylic acid groups (broad SMARTS) is 2. The van der Waals surface area contributed by atoms with E-state index in [9.17, 15) is 9.59 Å². The Morgan fingerprint density at radius 1 is 1.04 bits per heavy atom. The third-order valence-corrected chi connectivity index (χ3v) is 3.44. The average Bonchev–Trinajstić information content (AvgIpc) is 2.96. The standard InChI is InChI=1S/C13H10BrN3.C4H4O4/c14-11-1-2-13-10(9-11)5-8-17(13)16-12-3-6-15-7-4-12;5-3(6)1-2-4(7)8/h1-9H,(H,15,16);1-2H,(H,5,6)(H,7,8)/b;2-1-. The maximum atomic E-state index is 9.55. The quantitative estimate of drug-likeness (QED) is 0.576. The van der Waals surface area contributed by atoms with Gasteiger partial charge in [-0.1, -0.05) is 15.9 Å². The van der Waals surface area contributed by atoms with Crippen molar-refractivity contribution in [1.82, 2.24) is 9.66 Å². The first-order chi connectivity index (χ1) is 12.0. The Balaban J connectivity index is 0.000000242. The molecule has 3 rings (SSSR count). The smallest absolute Gasteiger partial charge is 0.328 e. The van der Waals surface area contributed by atoms with E-state index in [0.29, 0.717) is 12.2 Å². The summed E-state index contributed by atoms with van der Waals surface area (Å²) in [5, 5.41) is 16.8. The van der Waals surface area contributed by atoms with Gasteiger partial charge in [-0.15, -0.1) is 0 Å². The number of nitrogens with zero attached hydrogens (tertiary/aromatic N) is 2. The summed E-state index contributed by atoms with van der Waals surface area (Å²) in [6.45, 7) is 0. The predicted octanol–water partition coefficient (Wildman–Crippen LogP) is 3.39. The number of nitrogens with one attached hydrogen (secondary N) is 1. The van der Waals surface area contributed by atoms with E-state index in [4.69, 9.17) is 10.2 Å². The van der Waals surface area contributed by atoms with E-state index >= 15 is 0 Å². The van der Waals surface area contributed by atoms with E-state index in [1.807, 2.05) is 29.1 Å². The molecule has 0 aliphatic heterocycles. The molecule has 3 aromatic rings. The van der Waals surface area contributed by atoms with Crippen LogP contribution in [0.2, 0.25) is 0 Å². The normalized spacial score (nSPS) is 10.3. The molecule has 3 N–H and O–H groups in total. The SMILES string of the molecule is Brc1ccc2c(ccn2Nc2ccncc2)c1.O=C(O)/C=C\C(=O)O. The fourth-order valence-electron chi connectivity index (χ4n) is 1.92. The summed E-state index contributed by atoms with van der Waals surface area (Å²) in [5.41, 5.74) is 5.47. The van der Waals surface area contributed by atoms with Crippen molar-refractivity contribution < 1.29 is 19.8 Å². The molecule has 7 nitrogen and oxygen atoms in total. The molecule has 0 saturated heterocycles. The van der Waals surface area contributed by atoms with E-state index < -0.39 is 11.9 Å². The highest BCUT2D eigenvalue weighted by atomic mass is 79.9. The van der Waals surface area contributed by atoms with Crippen molar-refractivity contribution in [2.24, 2.45) is 0 Å². The van der Waals surface area contributed by atoms with Crippen LogP contribution < -0.4 is 5.43 Å². The molecule has 8 heteroatoms. The van der Waals surface area contributed by atoms with E-state index in [1.54, 1.807) is 12.4 Å². The zero-order chi connectivity index (χ0) is 18.2. The molecule has 0 bridgehead atoms. The molecule has 0 unspecified atom stereocenters. The highest BCUT2D eigenvalue weighted by Crippen LogP contribution is 2.21. The Labute approximate surface area is 151 Å². The van der Waals surface area contributed by atoms with Crippen LogP contribution in [0.5, 0.6) is 0 Å². The number of carboxylic acids is 2. The number of anilines is 1. The zero-order valence-corrected chi connectivity index (χ0v) is 14.4. The molecule has 0 radical (unpaired) electrons. The lowest BCUT2D eigenvalue weighted by Gasteiger charge is -2.08. The number of pyridine rings is 1. The van der Waals surface area contributed by atoms with Crippen molar-refractivity contribution in [3.63, 3.8) is 0 Å². The van der Waals surface area contributed by atoms with Crippen LogP contribution in [0.3, 0.4) is 0 Å². The van der Waals surface area contributed by atoms with Crippen LogP contribution in [0.4, 0.5) is 5.69 Å². The fourth-order valence-corrected chi connectivity index (χ4v) is 2.30. The Morgan fingerprint density at radius 2 is 1.68 bits per heavy atom. The number of hydrogen-bond acceptors (Lipinski definition) is 4. The molecule has 0 fully saturated rings. The summed E-state index contributed by atoms with van der Waals surface area (Å²) in [7, 11) is 0. The van der Waals surface area contributed by atoms with Crippen molar-refractivity contribution in [1.29, 1.82) is 0 Å². The maximum absolute atomic E-state index is 9.55. The van der Waals surface area contributed by atoms with Gasteiger partial charge in [0.2, 0.25) is 0 Å². The van der Waals surface area contributed by atoms with E-state index in [2.05, 4.69) is 44.5 Å². The van der Waals surface area contributed by atoms with Crippen molar-refractivity contribution in [3.05, 3.63) is 71.6 Å². The highest BCUT2D eigenvalue weighted by Gasteiger charge is 2.01. The van der Waals surface area contributed by atoms with E-state index in [1.165, 1.54) is 5.39 Å². The molecule has 0 aliphatic rings. The van der Waals surface area contributed by atoms with Gasteiger partial charge in [0.25, 0.3) is 0 Å². The average molecular weight is 404 g/mol. The van der Waals surface area contributed by atoms with Gasteiger partial charge in [0.15, 0.2) is 0 Å². The number of fused-ring (bicyclic) bond motifs is 1. The van der Waals surface area contributed by atoms with Gasteiger partial charge in [0.1, 0.15) is 0 Å². The number of hydrogen-bond donors (Lipinski definition) is 3. The summed E-state index contributed by atoms with van der Waals surface area (Å²) in [6.07, 6.45) is 6.66. The van der Waals surface area contributed by atoms with Crippen LogP contribution in [-0.2, 0) is 9.59 Å². The second-order valence-electron chi connectivity index (χ2n) is 4.75. The van der Waals surface area contributed by atoms with Gasteiger partial charge >= 0.3 is 11.9 Å². The number of carbonyl (C=O) groups is 2. The fraction of sp³-hybridized carbons (Fsp3) is 0. The van der Waals surface area contributed by atoms with Gasteiger partial charge in [0.05, 0.1) is 11.2 Å². The zero-order valence-electron chi connectivity index (χ0n) is 12.8. The largest absolute Gasteiger partial charge is 0.478 e. The van der Waals surface area contributed by atoms with Crippen LogP contribution >= 0.6 is 15.9 Å². The minimum Gasteiger partial charge on any atom is -0.478 e. The van der Waals surface area contributed by atoms with Gasteiger partial charge < -0.3 is 10.2 Å². The molecule has 0 aliphatic carbocycles. The lowest BCUT2D eigenvalue weighted by Crippen LogP contribution is -2.06. The van der Waals surface area contributed by atoms with Gasteiger partial charge in [-0.05, 0) is 36.4 Å². The molecule has 2 heterocycles. The maximum Gasteiger partial charge on any atom is 0.328 e. The minimum atomic E-state index is -1.26. The summed E-state index contributed by atoms with van der Waals surface area (Å²) >= 11 is 3.47. The van der Waals surface area contributed by atoms with Crippen molar-refractivity contribution in [3.8, 4) is 0 Å². The second-order valence-corrected chi connectivity index (χ2v) is 5.66. The summed E-state index contributed by atoms with van der Waals surface area (Å²) in [6, 6.07) is 12.2. The third kappa shape index (κ3) is 5.78. The highest BCUT2D eigenvalue weighted by molar-refractivity contribution is 9.10. The molecule has 25 heavy (non-hydrogen) atoms. The van der Waals surface area contributed by atoms with Gasteiger partial charge in [-0.3, -0.25) is 15.1 Å². The summed E-state index contributed by atoms with van der Waals surface area (Å²) < 4.78 is 3.09. The number of halogens is 1. The molecule has 0 amide bonds. The van der Waals surface area contributed by atoms with Crippen molar-refractivity contribution >= 4 is 44.5 Å². The number of aromatic nitrogens is 2. The van der Waals surface area contributed by atoms with E-state index in [-0.39, 0.29) is 0 Å². The molecule has 0 atom stereocenters.